The Morgan fingerprint density at radius 1 is 1.26 bits per heavy atom. The highest BCUT2D eigenvalue weighted by Crippen LogP contribution is 2.32. The largest absolute Gasteiger partial charge is 0.492 e. The van der Waals surface area contributed by atoms with E-state index in [0.717, 1.165) is 0 Å². The van der Waals surface area contributed by atoms with E-state index in [1.807, 2.05) is 20.8 Å². The van der Waals surface area contributed by atoms with E-state index in [-0.39, 0.29) is 17.0 Å². The van der Waals surface area contributed by atoms with Gasteiger partial charge in [-0.25, -0.2) is 4.79 Å². The molecule has 1 aromatic rings. The topological polar surface area (TPSA) is 75.6 Å². The molecule has 0 saturated heterocycles. The number of nitrogens with one attached hydrogen (secondary N) is 1. The second-order valence-electron chi connectivity index (χ2n) is 5.58. The molecule has 19 heavy (non-hydrogen) atoms. The van der Waals surface area contributed by atoms with Crippen molar-refractivity contribution < 1.29 is 19.4 Å². The van der Waals surface area contributed by atoms with Crippen LogP contribution in [-0.2, 0) is 6.42 Å². The van der Waals surface area contributed by atoms with E-state index in [2.05, 4.69) is 5.32 Å². The maximum atomic E-state index is 12.2. The van der Waals surface area contributed by atoms with Crippen LogP contribution in [-0.4, -0.2) is 29.1 Å². The summed E-state index contributed by atoms with van der Waals surface area (Å²) in [4.78, 5) is 23.3. The minimum atomic E-state index is -0.996. The second-order valence-corrected chi connectivity index (χ2v) is 5.58. The molecule has 0 aromatic heterocycles. The number of hydrogen-bond acceptors (Lipinski definition) is 3. The summed E-state index contributed by atoms with van der Waals surface area (Å²) >= 11 is 0. The Morgan fingerprint density at radius 2 is 1.89 bits per heavy atom. The molecule has 1 aromatic carbocycles. The van der Waals surface area contributed by atoms with Gasteiger partial charge in [0.1, 0.15) is 5.75 Å². The van der Waals surface area contributed by atoms with Crippen LogP contribution in [0.2, 0.25) is 0 Å². The monoisotopic (exact) mass is 263 g/mol. The maximum absolute atomic E-state index is 12.2. The molecule has 2 N–H and O–H groups in total. The van der Waals surface area contributed by atoms with E-state index in [1.54, 1.807) is 0 Å². The van der Waals surface area contributed by atoms with Crippen LogP contribution >= 0.6 is 0 Å². The van der Waals surface area contributed by atoms with Gasteiger partial charge in [0.05, 0.1) is 17.7 Å². The van der Waals surface area contributed by atoms with Gasteiger partial charge in [-0.1, -0.05) is 0 Å². The molecule has 5 nitrogen and oxygen atoms in total. The third kappa shape index (κ3) is 2.70. The van der Waals surface area contributed by atoms with Crippen molar-refractivity contribution >= 4 is 11.9 Å². The van der Waals surface area contributed by atoms with Gasteiger partial charge in [0.15, 0.2) is 0 Å². The number of hydrogen-bond donors (Lipinski definition) is 2. The SMILES string of the molecule is CC(C)(C)NC(=O)c1ccc(C(=O)O)c2c1OCC2. The first-order valence-electron chi connectivity index (χ1n) is 6.14. The zero-order chi connectivity index (χ0) is 14.2. The van der Waals surface area contributed by atoms with Gasteiger partial charge in [-0.2, -0.15) is 0 Å². The molecule has 1 heterocycles. The highest BCUT2D eigenvalue weighted by molar-refractivity contribution is 6.00. The van der Waals surface area contributed by atoms with Crippen molar-refractivity contribution in [1.29, 1.82) is 0 Å². The van der Waals surface area contributed by atoms with Crippen LogP contribution in [0.1, 0.15) is 47.1 Å². The minimum absolute atomic E-state index is 0.208. The average Bonchev–Trinajstić information content (AvgIpc) is 2.73. The lowest BCUT2D eigenvalue weighted by atomic mass is 10.00. The van der Waals surface area contributed by atoms with E-state index in [9.17, 15) is 9.59 Å². The first kappa shape index (κ1) is 13.4. The lowest BCUT2D eigenvalue weighted by molar-refractivity contribution is 0.0695. The molecule has 1 amide bonds. The molecule has 102 valence electrons. The summed E-state index contributed by atoms with van der Waals surface area (Å²) < 4.78 is 5.43. The standard InChI is InChI=1S/C14H17NO4/c1-14(2,3)15-12(16)10-5-4-9(13(17)18)8-6-7-19-11(8)10/h4-5H,6-7H2,1-3H3,(H,15,16)(H,17,18). The first-order valence-corrected chi connectivity index (χ1v) is 6.14. The fourth-order valence-corrected chi connectivity index (χ4v) is 2.08. The van der Waals surface area contributed by atoms with Crippen LogP contribution in [0.5, 0.6) is 5.75 Å². The number of amides is 1. The summed E-state index contributed by atoms with van der Waals surface area (Å²) in [6, 6.07) is 2.97. The molecule has 0 spiro atoms. The summed E-state index contributed by atoms with van der Waals surface area (Å²) in [6.45, 7) is 6.07. The van der Waals surface area contributed by atoms with Crippen LogP contribution < -0.4 is 10.1 Å². The van der Waals surface area contributed by atoms with Gasteiger partial charge in [0, 0.05) is 17.5 Å². The maximum Gasteiger partial charge on any atom is 0.336 e. The van der Waals surface area contributed by atoms with E-state index in [1.165, 1.54) is 12.1 Å². The predicted molar refractivity (Wildman–Crippen MR) is 69.8 cm³/mol. The lowest BCUT2D eigenvalue weighted by Gasteiger charge is -2.21. The van der Waals surface area contributed by atoms with E-state index in [0.29, 0.717) is 29.9 Å². The molecule has 0 bridgehead atoms. The van der Waals surface area contributed by atoms with Crippen molar-refractivity contribution in [2.75, 3.05) is 6.61 Å². The highest BCUT2D eigenvalue weighted by Gasteiger charge is 2.27. The number of carbonyl (C=O) groups is 2. The fraction of sp³-hybridized carbons (Fsp3) is 0.429. The van der Waals surface area contributed by atoms with Crippen molar-refractivity contribution in [2.24, 2.45) is 0 Å². The molecule has 1 aliphatic heterocycles. The molecular weight excluding hydrogens is 246 g/mol. The number of carbonyl (C=O) groups excluding carboxylic acids is 1. The third-order valence-electron chi connectivity index (χ3n) is 2.82. The Bertz CT molecular complexity index is 543. The molecule has 5 heteroatoms. The fourth-order valence-electron chi connectivity index (χ4n) is 2.08. The van der Waals surface area contributed by atoms with Crippen molar-refractivity contribution in [2.45, 2.75) is 32.7 Å². The van der Waals surface area contributed by atoms with Crippen molar-refractivity contribution in [3.8, 4) is 5.75 Å². The van der Waals surface area contributed by atoms with E-state index < -0.39 is 5.97 Å². The molecular formula is C14H17NO4. The Labute approximate surface area is 111 Å². The zero-order valence-electron chi connectivity index (χ0n) is 11.2. The van der Waals surface area contributed by atoms with Crippen molar-refractivity contribution in [3.05, 3.63) is 28.8 Å². The first-order chi connectivity index (χ1) is 8.79. The Morgan fingerprint density at radius 3 is 2.47 bits per heavy atom. The predicted octanol–water partition coefficient (Wildman–Crippen LogP) is 1.85. The van der Waals surface area contributed by atoms with Gasteiger partial charge in [0.2, 0.25) is 0 Å². The Kier molecular flexibility index (Phi) is 3.22. The number of aromatic carboxylic acids is 1. The molecule has 0 saturated carbocycles. The summed E-state index contributed by atoms with van der Waals surface area (Å²) in [7, 11) is 0. The van der Waals surface area contributed by atoms with Gasteiger partial charge < -0.3 is 15.2 Å². The van der Waals surface area contributed by atoms with E-state index >= 15 is 0 Å². The number of ether oxygens (including phenoxy) is 1. The van der Waals surface area contributed by atoms with Crippen LogP contribution in [0.25, 0.3) is 0 Å². The summed E-state index contributed by atoms with van der Waals surface area (Å²) in [5.41, 5.74) is 0.856. The van der Waals surface area contributed by atoms with Crippen molar-refractivity contribution in [3.63, 3.8) is 0 Å². The van der Waals surface area contributed by atoms with Crippen LogP contribution in [0, 0.1) is 0 Å². The van der Waals surface area contributed by atoms with Crippen LogP contribution in [0.15, 0.2) is 12.1 Å². The average molecular weight is 263 g/mol. The van der Waals surface area contributed by atoms with E-state index in [4.69, 9.17) is 9.84 Å². The number of carboxylic acid groups (broad SMARTS) is 1. The van der Waals surface area contributed by atoms with Gasteiger partial charge in [-0.3, -0.25) is 4.79 Å². The Hall–Kier alpha value is -2.04. The van der Waals surface area contributed by atoms with Gasteiger partial charge >= 0.3 is 5.97 Å². The van der Waals surface area contributed by atoms with Gasteiger partial charge in [-0.05, 0) is 32.9 Å². The van der Waals surface area contributed by atoms with Crippen LogP contribution in [0.3, 0.4) is 0 Å². The number of benzene rings is 1. The molecule has 0 aliphatic carbocycles. The smallest absolute Gasteiger partial charge is 0.336 e. The second kappa shape index (κ2) is 4.57. The zero-order valence-corrected chi connectivity index (χ0v) is 11.2. The number of carboxylic acids is 1. The highest BCUT2D eigenvalue weighted by atomic mass is 16.5. The summed E-state index contributed by atoms with van der Waals surface area (Å²) in [5.74, 6) is -0.839. The normalized spacial score (nSPS) is 13.6. The summed E-state index contributed by atoms with van der Waals surface area (Å²) in [6.07, 6.45) is 0.521. The third-order valence-corrected chi connectivity index (χ3v) is 2.82. The number of fused-ring (bicyclic) bond motifs is 1. The van der Waals surface area contributed by atoms with Gasteiger partial charge in [0.25, 0.3) is 5.91 Å². The lowest BCUT2D eigenvalue weighted by Crippen LogP contribution is -2.40. The quantitative estimate of drug-likeness (QED) is 0.853. The summed E-state index contributed by atoms with van der Waals surface area (Å²) in [5, 5.41) is 12.0. The number of rotatable bonds is 2. The molecule has 0 atom stereocenters. The molecule has 1 aliphatic rings. The molecule has 2 rings (SSSR count). The van der Waals surface area contributed by atoms with Crippen molar-refractivity contribution in [1.82, 2.24) is 5.32 Å². The molecule has 0 fully saturated rings. The minimum Gasteiger partial charge on any atom is -0.492 e. The molecule has 0 radical (unpaired) electrons. The molecule has 0 unspecified atom stereocenters. The Balaban J connectivity index is 2.42. The van der Waals surface area contributed by atoms with Gasteiger partial charge in [-0.15, -0.1) is 0 Å². The van der Waals surface area contributed by atoms with Crippen LogP contribution in [0.4, 0.5) is 0 Å².